The summed E-state index contributed by atoms with van der Waals surface area (Å²) in [5, 5.41) is 9.89. The van der Waals surface area contributed by atoms with Crippen LogP contribution >= 0.6 is 11.3 Å². The first-order chi connectivity index (χ1) is 12.5. The highest BCUT2D eigenvalue weighted by Gasteiger charge is 2.44. The number of nitrogens with zero attached hydrogens (tertiary/aromatic N) is 4. The summed E-state index contributed by atoms with van der Waals surface area (Å²) in [5.74, 6) is 0.389. The molecule has 2 aromatic rings. The van der Waals surface area contributed by atoms with Gasteiger partial charge < -0.3 is 10.1 Å². The van der Waals surface area contributed by atoms with E-state index in [1.54, 1.807) is 4.68 Å². The van der Waals surface area contributed by atoms with Gasteiger partial charge in [0.1, 0.15) is 0 Å². The lowest BCUT2D eigenvalue weighted by atomic mass is 10.2. The van der Waals surface area contributed by atoms with E-state index in [1.807, 2.05) is 24.8 Å². The van der Waals surface area contributed by atoms with Gasteiger partial charge in [0.25, 0.3) is 0 Å². The monoisotopic (exact) mass is 375 g/mol. The number of anilines is 1. The Morgan fingerprint density at radius 3 is 2.85 bits per heavy atom. The summed E-state index contributed by atoms with van der Waals surface area (Å²) in [6, 6.07) is 0. The molecule has 0 bridgehead atoms. The lowest BCUT2D eigenvalue weighted by molar-refractivity contribution is -0.117. The van der Waals surface area contributed by atoms with Crippen LogP contribution in [-0.2, 0) is 23.1 Å². The van der Waals surface area contributed by atoms with Crippen molar-refractivity contribution in [1.29, 1.82) is 0 Å². The van der Waals surface area contributed by atoms with E-state index in [-0.39, 0.29) is 24.0 Å². The fraction of sp³-hybridized carbons (Fsp3) is 0.611. The number of ether oxygens (including phenoxy) is 1. The Labute approximate surface area is 157 Å². The van der Waals surface area contributed by atoms with Crippen molar-refractivity contribution in [1.82, 2.24) is 19.7 Å². The molecule has 2 aromatic heterocycles. The number of aryl methyl sites for hydroxylation is 1. The summed E-state index contributed by atoms with van der Waals surface area (Å²) in [7, 11) is 1.90. The Kier molecular flexibility index (Phi) is 4.81. The van der Waals surface area contributed by atoms with Crippen molar-refractivity contribution in [3.63, 3.8) is 0 Å². The number of morpholine rings is 1. The SMILES string of the molecule is CC1CN(Cc2csc(NC(=O)C3CC3c3cnn(C)c3)n2)CC(C)O1. The third-order valence-corrected chi connectivity index (χ3v) is 5.75. The van der Waals surface area contributed by atoms with Gasteiger partial charge in [-0.1, -0.05) is 0 Å². The maximum atomic E-state index is 12.5. The van der Waals surface area contributed by atoms with Crippen LogP contribution in [0.15, 0.2) is 17.8 Å². The highest BCUT2D eigenvalue weighted by molar-refractivity contribution is 7.13. The number of carbonyl (C=O) groups is 1. The fourth-order valence-electron chi connectivity index (χ4n) is 3.76. The average Bonchev–Trinajstić information content (AvgIpc) is 3.07. The Bertz CT molecular complexity index is 778. The summed E-state index contributed by atoms with van der Waals surface area (Å²) in [5.41, 5.74) is 2.15. The summed E-state index contributed by atoms with van der Waals surface area (Å²) in [6.07, 6.45) is 5.22. The van der Waals surface area contributed by atoms with Crippen LogP contribution in [0.4, 0.5) is 5.13 Å². The largest absolute Gasteiger partial charge is 0.373 e. The van der Waals surface area contributed by atoms with Crippen LogP contribution in [0.2, 0.25) is 0 Å². The van der Waals surface area contributed by atoms with Crippen LogP contribution in [-0.4, -0.2) is 50.9 Å². The molecule has 0 radical (unpaired) electrons. The van der Waals surface area contributed by atoms with Crippen LogP contribution in [0.25, 0.3) is 0 Å². The molecule has 8 heteroatoms. The molecule has 1 N–H and O–H groups in total. The van der Waals surface area contributed by atoms with Crippen LogP contribution in [0.5, 0.6) is 0 Å². The van der Waals surface area contributed by atoms with Crippen molar-refractivity contribution in [2.45, 2.75) is 44.9 Å². The predicted octanol–water partition coefficient (Wildman–Crippen LogP) is 2.23. The van der Waals surface area contributed by atoms with E-state index in [0.29, 0.717) is 11.0 Å². The number of hydrogen-bond acceptors (Lipinski definition) is 6. The minimum Gasteiger partial charge on any atom is -0.373 e. The maximum absolute atomic E-state index is 12.5. The Hall–Kier alpha value is -1.77. The van der Waals surface area contributed by atoms with Crippen molar-refractivity contribution in [3.05, 3.63) is 29.0 Å². The van der Waals surface area contributed by atoms with Gasteiger partial charge in [-0.2, -0.15) is 5.10 Å². The van der Waals surface area contributed by atoms with Gasteiger partial charge in [0, 0.05) is 44.2 Å². The molecule has 4 unspecified atom stereocenters. The van der Waals surface area contributed by atoms with Crippen molar-refractivity contribution < 1.29 is 9.53 Å². The van der Waals surface area contributed by atoms with E-state index in [4.69, 9.17) is 4.74 Å². The van der Waals surface area contributed by atoms with Gasteiger partial charge in [0.2, 0.25) is 5.91 Å². The quantitative estimate of drug-likeness (QED) is 0.868. The van der Waals surface area contributed by atoms with Gasteiger partial charge in [0.05, 0.1) is 24.1 Å². The fourth-order valence-corrected chi connectivity index (χ4v) is 4.47. The molecule has 4 atom stereocenters. The van der Waals surface area contributed by atoms with Crippen molar-refractivity contribution in [2.75, 3.05) is 18.4 Å². The first kappa shape index (κ1) is 17.6. The molecule has 2 aliphatic rings. The van der Waals surface area contributed by atoms with E-state index in [2.05, 4.69) is 34.1 Å². The normalized spacial score (nSPS) is 28.9. The van der Waals surface area contributed by atoms with Gasteiger partial charge in [-0.05, 0) is 31.7 Å². The van der Waals surface area contributed by atoms with Crippen LogP contribution in [0.3, 0.4) is 0 Å². The number of hydrogen-bond donors (Lipinski definition) is 1. The molecule has 4 rings (SSSR count). The predicted molar refractivity (Wildman–Crippen MR) is 100 cm³/mol. The summed E-state index contributed by atoms with van der Waals surface area (Å²) >= 11 is 1.50. The van der Waals surface area contributed by atoms with Crippen LogP contribution in [0.1, 0.15) is 37.4 Å². The lowest BCUT2D eigenvalue weighted by Gasteiger charge is -2.34. The highest BCUT2D eigenvalue weighted by atomic mass is 32.1. The standard InChI is InChI=1S/C18H25N5O2S/c1-11-6-23(7-12(2)25-11)9-14-10-26-18(20-14)21-17(24)16-4-15(16)13-5-19-22(3)8-13/h5,8,10-12,15-16H,4,6-7,9H2,1-3H3,(H,20,21,24). The first-order valence-electron chi connectivity index (χ1n) is 9.09. The number of nitrogens with one attached hydrogen (secondary N) is 1. The van der Waals surface area contributed by atoms with E-state index in [9.17, 15) is 4.79 Å². The first-order valence-corrected chi connectivity index (χ1v) is 9.97. The molecule has 1 aliphatic heterocycles. The molecular weight excluding hydrogens is 350 g/mol. The molecule has 1 saturated heterocycles. The molecule has 140 valence electrons. The molecule has 1 aliphatic carbocycles. The van der Waals surface area contributed by atoms with Crippen LogP contribution in [0, 0.1) is 5.92 Å². The molecule has 0 aromatic carbocycles. The lowest BCUT2D eigenvalue weighted by Crippen LogP contribution is -2.44. The number of thiazole rings is 1. The minimum atomic E-state index is 0.0347. The maximum Gasteiger partial charge on any atom is 0.229 e. The zero-order valence-corrected chi connectivity index (χ0v) is 16.2. The Morgan fingerprint density at radius 1 is 1.38 bits per heavy atom. The number of amides is 1. The van der Waals surface area contributed by atoms with Gasteiger partial charge in [-0.15, -0.1) is 11.3 Å². The molecule has 26 heavy (non-hydrogen) atoms. The smallest absolute Gasteiger partial charge is 0.229 e. The van der Waals surface area contributed by atoms with Crippen molar-refractivity contribution >= 4 is 22.4 Å². The zero-order valence-electron chi connectivity index (χ0n) is 15.4. The Balaban J connectivity index is 1.30. The third-order valence-electron chi connectivity index (χ3n) is 4.94. The molecule has 1 saturated carbocycles. The van der Waals surface area contributed by atoms with E-state index in [1.165, 1.54) is 11.3 Å². The van der Waals surface area contributed by atoms with Crippen molar-refractivity contribution in [2.24, 2.45) is 13.0 Å². The molecule has 1 amide bonds. The third kappa shape index (κ3) is 3.97. The van der Waals surface area contributed by atoms with Gasteiger partial charge in [-0.25, -0.2) is 4.98 Å². The van der Waals surface area contributed by atoms with Crippen molar-refractivity contribution in [3.8, 4) is 0 Å². The van der Waals surface area contributed by atoms with E-state index in [0.717, 1.165) is 37.3 Å². The molecule has 3 heterocycles. The summed E-state index contributed by atoms with van der Waals surface area (Å²) in [4.78, 5) is 19.4. The highest BCUT2D eigenvalue weighted by Crippen LogP contribution is 2.47. The van der Waals surface area contributed by atoms with E-state index >= 15 is 0 Å². The van der Waals surface area contributed by atoms with Gasteiger partial charge >= 0.3 is 0 Å². The van der Waals surface area contributed by atoms with E-state index < -0.39 is 0 Å². The molecular formula is C18H25N5O2S. The zero-order chi connectivity index (χ0) is 18.3. The van der Waals surface area contributed by atoms with Gasteiger partial charge in [-0.3, -0.25) is 14.4 Å². The summed E-state index contributed by atoms with van der Waals surface area (Å²) < 4.78 is 7.55. The topological polar surface area (TPSA) is 72.3 Å². The van der Waals surface area contributed by atoms with Crippen LogP contribution < -0.4 is 5.32 Å². The average molecular weight is 375 g/mol. The van der Waals surface area contributed by atoms with Gasteiger partial charge in [0.15, 0.2) is 5.13 Å². The second kappa shape index (κ2) is 7.09. The number of carbonyl (C=O) groups excluding carboxylic acids is 1. The molecule has 7 nitrogen and oxygen atoms in total. The number of rotatable bonds is 5. The summed E-state index contributed by atoms with van der Waals surface area (Å²) in [6.45, 7) is 6.83. The second-order valence-electron chi connectivity index (χ2n) is 7.48. The minimum absolute atomic E-state index is 0.0347. The second-order valence-corrected chi connectivity index (χ2v) is 8.34. The number of aromatic nitrogens is 3. The Morgan fingerprint density at radius 2 is 2.15 bits per heavy atom. The molecule has 2 fully saturated rings. The molecule has 0 spiro atoms.